The largest absolute Gasteiger partial charge is 0.352 e. The van der Waals surface area contributed by atoms with Crippen molar-refractivity contribution in [2.45, 2.75) is 73.0 Å². The van der Waals surface area contributed by atoms with Crippen LogP contribution in [0.2, 0.25) is 0 Å². The zero-order valence-corrected chi connectivity index (χ0v) is 22.8. The van der Waals surface area contributed by atoms with Gasteiger partial charge in [-0.25, -0.2) is 8.42 Å². The number of rotatable bonds is 11. The predicted molar refractivity (Wildman–Crippen MR) is 142 cm³/mol. The number of hydrogen-bond donors (Lipinski definition) is 1. The summed E-state index contributed by atoms with van der Waals surface area (Å²) in [5.41, 5.74) is 4.54. The highest BCUT2D eigenvalue weighted by Gasteiger charge is 2.27. The van der Waals surface area contributed by atoms with Crippen molar-refractivity contribution < 1.29 is 18.0 Å². The highest BCUT2D eigenvalue weighted by Crippen LogP contribution is 2.25. The van der Waals surface area contributed by atoms with Crippen LogP contribution in [0.3, 0.4) is 0 Å². The Hall–Kier alpha value is -2.87. The molecular weight excluding hydrogens is 462 g/mol. The van der Waals surface area contributed by atoms with Gasteiger partial charge in [0.15, 0.2) is 0 Å². The number of nitrogens with zero attached hydrogens (tertiary/aromatic N) is 2. The van der Waals surface area contributed by atoms with Gasteiger partial charge in [-0.3, -0.25) is 13.9 Å². The Labute approximate surface area is 210 Å². The molecule has 0 aliphatic heterocycles. The molecule has 0 unspecified atom stereocenters. The van der Waals surface area contributed by atoms with Crippen LogP contribution in [-0.4, -0.2) is 50.0 Å². The molecule has 2 aromatic carbocycles. The molecule has 0 spiro atoms. The lowest BCUT2D eigenvalue weighted by Crippen LogP contribution is -2.49. The van der Waals surface area contributed by atoms with Crippen molar-refractivity contribution in [3.05, 3.63) is 64.7 Å². The third kappa shape index (κ3) is 8.09. The van der Waals surface area contributed by atoms with E-state index in [9.17, 15) is 18.0 Å². The average molecular weight is 502 g/mol. The van der Waals surface area contributed by atoms with E-state index >= 15 is 0 Å². The summed E-state index contributed by atoms with van der Waals surface area (Å²) >= 11 is 0. The molecular formula is C27H39N3O4S. The van der Waals surface area contributed by atoms with E-state index in [1.807, 2.05) is 71.0 Å². The van der Waals surface area contributed by atoms with Crippen LogP contribution in [0, 0.1) is 20.8 Å². The second kappa shape index (κ2) is 12.2. The molecule has 0 saturated heterocycles. The lowest BCUT2D eigenvalue weighted by Gasteiger charge is -2.30. The van der Waals surface area contributed by atoms with Crippen molar-refractivity contribution in [1.29, 1.82) is 0 Å². The standard InChI is InChI=1S/C27H39N3O4S/c1-19(2)28-27(32)23(6)29(18-24-13-8-11-20(3)17-24)26(31)15-10-16-30(35(7,33)34)25-14-9-12-21(4)22(25)5/h8-9,11-14,17,19,23H,10,15-16,18H2,1-7H3,(H,28,32)/t23-/m0/s1. The quantitative estimate of drug-likeness (QED) is 0.502. The number of sulfonamides is 1. The van der Waals surface area contributed by atoms with Gasteiger partial charge < -0.3 is 10.2 Å². The lowest BCUT2D eigenvalue weighted by molar-refractivity contribution is -0.140. The third-order valence-corrected chi connectivity index (χ3v) is 7.21. The van der Waals surface area contributed by atoms with Gasteiger partial charge in [0, 0.05) is 25.6 Å². The molecule has 1 atom stereocenters. The number of benzene rings is 2. The summed E-state index contributed by atoms with van der Waals surface area (Å²) in [5.74, 6) is -0.401. The lowest BCUT2D eigenvalue weighted by atomic mass is 10.1. The number of amides is 2. The molecule has 1 N–H and O–H groups in total. The number of aryl methyl sites for hydroxylation is 2. The van der Waals surface area contributed by atoms with Gasteiger partial charge in [-0.2, -0.15) is 0 Å². The molecule has 35 heavy (non-hydrogen) atoms. The summed E-state index contributed by atoms with van der Waals surface area (Å²) in [6.07, 6.45) is 1.64. The molecule has 0 fully saturated rings. The summed E-state index contributed by atoms with van der Waals surface area (Å²) in [7, 11) is -3.53. The second-order valence-corrected chi connectivity index (χ2v) is 11.4. The Balaban J connectivity index is 2.21. The first kappa shape index (κ1) is 28.4. The smallest absolute Gasteiger partial charge is 0.242 e. The molecule has 0 bridgehead atoms. The topological polar surface area (TPSA) is 86.8 Å². The molecule has 0 aliphatic carbocycles. The van der Waals surface area contributed by atoms with Crippen LogP contribution in [-0.2, 0) is 26.2 Å². The zero-order valence-electron chi connectivity index (χ0n) is 22.0. The van der Waals surface area contributed by atoms with E-state index in [1.54, 1.807) is 17.9 Å². The van der Waals surface area contributed by atoms with Gasteiger partial charge in [0.2, 0.25) is 21.8 Å². The van der Waals surface area contributed by atoms with E-state index < -0.39 is 16.1 Å². The van der Waals surface area contributed by atoms with Crippen molar-refractivity contribution in [2.24, 2.45) is 0 Å². The maximum Gasteiger partial charge on any atom is 0.242 e. The van der Waals surface area contributed by atoms with Crippen LogP contribution in [0.4, 0.5) is 5.69 Å². The monoisotopic (exact) mass is 501 g/mol. The highest BCUT2D eigenvalue weighted by molar-refractivity contribution is 7.92. The maximum atomic E-state index is 13.3. The van der Waals surface area contributed by atoms with Crippen molar-refractivity contribution in [3.8, 4) is 0 Å². The van der Waals surface area contributed by atoms with E-state index in [0.717, 1.165) is 22.3 Å². The summed E-state index contributed by atoms with van der Waals surface area (Å²) < 4.78 is 26.5. The molecule has 8 heteroatoms. The first-order valence-corrected chi connectivity index (χ1v) is 13.9. The Bertz CT molecular complexity index is 1140. The summed E-state index contributed by atoms with van der Waals surface area (Å²) in [4.78, 5) is 27.6. The van der Waals surface area contributed by atoms with E-state index in [1.165, 1.54) is 10.6 Å². The molecule has 2 rings (SSSR count). The molecule has 192 valence electrons. The summed E-state index contributed by atoms with van der Waals surface area (Å²) in [5, 5.41) is 2.88. The first-order chi connectivity index (χ1) is 16.3. The van der Waals surface area contributed by atoms with E-state index in [0.29, 0.717) is 18.7 Å². The fourth-order valence-electron chi connectivity index (χ4n) is 3.98. The number of carbonyl (C=O) groups is 2. The van der Waals surface area contributed by atoms with Gasteiger partial charge in [0.1, 0.15) is 6.04 Å². The first-order valence-electron chi connectivity index (χ1n) is 12.0. The number of anilines is 1. The molecule has 0 aromatic heterocycles. The third-order valence-electron chi connectivity index (χ3n) is 6.03. The van der Waals surface area contributed by atoms with Crippen LogP contribution in [0.1, 0.15) is 55.9 Å². The van der Waals surface area contributed by atoms with Crippen LogP contribution in [0.15, 0.2) is 42.5 Å². The molecule has 0 radical (unpaired) electrons. The molecule has 7 nitrogen and oxygen atoms in total. The van der Waals surface area contributed by atoms with Crippen molar-refractivity contribution in [1.82, 2.24) is 10.2 Å². The number of hydrogen-bond acceptors (Lipinski definition) is 4. The van der Waals surface area contributed by atoms with Crippen LogP contribution >= 0.6 is 0 Å². The summed E-state index contributed by atoms with van der Waals surface area (Å²) in [6, 6.07) is 12.7. The van der Waals surface area contributed by atoms with Crippen molar-refractivity contribution in [2.75, 3.05) is 17.1 Å². The predicted octanol–water partition coefficient (Wildman–Crippen LogP) is 4.10. The van der Waals surface area contributed by atoms with Gasteiger partial charge in [-0.05, 0) is 70.7 Å². The molecule has 0 aliphatic rings. The van der Waals surface area contributed by atoms with Crippen molar-refractivity contribution in [3.63, 3.8) is 0 Å². The van der Waals surface area contributed by atoms with Gasteiger partial charge >= 0.3 is 0 Å². The SMILES string of the molecule is Cc1cccc(CN(C(=O)CCCN(c2cccc(C)c2C)S(C)(=O)=O)[C@@H](C)C(=O)NC(C)C)c1. The Morgan fingerprint density at radius 1 is 1.00 bits per heavy atom. The van der Waals surface area contributed by atoms with Crippen LogP contribution in [0.25, 0.3) is 0 Å². The van der Waals surface area contributed by atoms with E-state index in [-0.39, 0.29) is 30.8 Å². The minimum atomic E-state index is -3.53. The van der Waals surface area contributed by atoms with Gasteiger partial charge in [0.25, 0.3) is 0 Å². The van der Waals surface area contributed by atoms with Crippen LogP contribution in [0.5, 0.6) is 0 Å². The minimum absolute atomic E-state index is 0.0400. The molecule has 0 heterocycles. The minimum Gasteiger partial charge on any atom is -0.352 e. The van der Waals surface area contributed by atoms with E-state index in [2.05, 4.69) is 5.32 Å². The van der Waals surface area contributed by atoms with Gasteiger partial charge in [-0.1, -0.05) is 42.0 Å². The number of nitrogens with one attached hydrogen (secondary N) is 1. The molecule has 0 saturated carbocycles. The summed E-state index contributed by atoms with van der Waals surface area (Å²) in [6.45, 7) is 11.8. The van der Waals surface area contributed by atoms with Crippen LogP contribution < -0.4 is 9.62 Å². The molecule has 2 amide bonds. The second-order valence-electron chi connectivity index (χ2n) is 9.51. The van der Waals surface area contributed by atoms with Gasteiger partial charge in [0.05, 0.1) is 11.9 Å². The normalized spacial score (nSPS) is 12.3. The van der Waals surface area contributed by atoms with Crippen molar-refractivity contribution >= 4 is 27.5 Å². The Morgan fingerprint density at radius 3 is 2.26 bits per heavy atom. The number of carbonyl (C=O) groups excluding carboxylic acids is 2. The van der Waals surface area contributed by atoms with E-state index in [4.69, 9.17) is 0 Å². The zero-order chi connectivity index (χ0) is 26.3. The average Bonchev–Trinajstić information content (AvgIpc) is 2.75. The Kier molecular flexibility index (Phi) is 9.89. The fourth-order valence-corrected chi connectivity index (χ4v) is 5.00. The maximum absolute atomic E-state index is 13.3. The molecule has 2 aromatic rings. The highest BCUT2D eigenvalue weighted by atomic mass is 32.2. The van der Waals surface area contributed by atoms with Gasteiger partial charge in [-0.15, -0.1) is 0 Å². The fraction of sp³-hybridized carbons (Fsp3) is 0.481. The Morgan fingerprint density at radius 2 is 1.66 bits per heavy atom.